The van der Waals surface area contributed by atoms with Gasteiger partial charge >= 0.3 is 11.9 Å². The van der Waals surface area contributed by atoms with Gasteiger partial charge < -0.3 is 14.9 Å². The van der Waals surface area contributed by atoms with E-state index < -0.39 is 11.4 Å². The summed E-state index contributed by atoms with van der Waals surface area (Å²) in [7, 11) is 0. The van der Waals surface area contributed by atoms with Crippen molar-refractivity contribution in [3.8, 4) is 0 Å². The molecule has 2 N–H and O–H groups in total. The predicted octanol–water partition coefficient (Wildman–Crippen LogP) is 7.93. The first kappa shape index (κ1) is 29.9. The van der Waals surface area contributed by atoms with E-state index in [1.165, 1.54) is 0 Å². The van der Waals surface area contributed by atoms with E-state index in [9.17, 15) is 19.8 Å². The molecule has 1 aromatic carbocycles. The maximum atomic E-state index is 13.4. The summed E-state index contributed by atoms with van der Waals surface area (Å²) in [5.74, 6) is 0.314. The number of carboxylic acids is 1. The molecule has 0 amide bonds. The molecule has 42 heavy (non-hydrogen) atoms. The number of esters is 1. The van der Waals surface area contributed by atoms with E-state index in [0.717, 1.165) is 56.9 Å². The van der Waals surface area contributed by atoms with Gasteiger partial charge in [-0.3, -0.25) is 4.79 Å². The smallest absolute Gasteiger partial charge is 0.338 e. The number of carboxylic acid groups (broad SMARTS) is 1. The van der Waals surface area contributed by atoms with E-state index in [1.807, 2.05) is 30.3 Å². The van der Waals surface area contributed by atoms with Crippen molar-refractivity contribution in [3.63, 3.8) is 0 Å². The van der Waals surface area contributed by atoms with Crippen molar-refractivity contribution in [2.45, 2.75) is 105 Å². The van der Waals surface area contributed by atoms with Crippen LogP contribution in [0.5, 0.6) is 0 Å². The molecule has 1 aromatic rings. The normalized spacial score (nSPS) is 45.5. The summed E-state index contributed by atoms with van der Waals surface area (Å²) in [6.45, 7) is 16.3. The molecule has 0 bridgehead atoms. The van der Waals surface area contributed by atoms with Crippen LogP contribution >= 0.6 is 0 Å². The highest BCUT2D eigenvalue weighted by atomic mass is 16.5. The van der Waals surface area contributed by atoms with Crippen molar-refractivity contribution in [1.29, 1.82) is 0 Å². The number of ether oxygens (including phenoxy) is 1. The molecule has 6 rings (SSSR count). The van der Waals surface area contributed by atoms with Crippen molar-refractivity contribution in [2.24, 2.45) is 56.7 Å². The van der Waals surface area contributed by atoms with Gasteiger partial charge in [0.1, 0.15) is 0 Å². The molecule has 0 aliphatic heterocycles. The number of allylic oxidation sites excluding steroid dienone is 1. The van der Waals surface area contributed by atoms with Gasteiger partial charge in [0, 0.05) is 5.41 Å². The highest BCUT2D eigenvalue weighted by Gasteiger charge is 2.73. The third-order valence-corrected chi connectivity index (χ3v) is 14.6. The highest BCUT2D eigenvalue weighted by molar-refractivity contribution is 5.89. The van der Waals surface area contributed by atoms with Crippen LogP contribution in [0.25, 0.3) is 0 Å². The van der Waals surface area contributed by atoms with Gasteiger partial charge in [0.25, 0.3) is 0 Å². The molecule has 5 heteroatoms. The number of hydrogen-bond donors (Lipinski definition) is 2. The standard InChI is InChI=1S/C37H52O5/c1-23(2)25-14-19-36(32(40)41)20-21-37(22-42-31(39)24-10-8-7-9-11-24)26(30(25)36)12-13-28-34(5)17-16-29(38)33(3,4)27(34)15-18-35(28,37)6/h7-11,25-30,38H,1,12-22H2,2-6H3,(H,40,41). The van der Waals surface area contributed by atoms with Crippen LogP contribution in [0.2, 0.25) is 0 Å². The number of hydrogen-bond acceptors (Lipinski definition) is 4. The average Bonchev–Trinajstić information content (AvgIpc) is 3.36. The Morgan fingerprint density at radius 2 is 1.62 bits per heavy atom. The summed E-state index contributed by atoms with van der Waals surface area (Å²) in [5.41, 5.74) is 0.507. The Balaban J connectivity index is 1.45. The number of aliphatic hydroxyl groups excluding tert-OH is 1. The first-order valence-corrected chi connectivity index (χ1v) is 16.5. The molecule has 0 aromatic heterocycles. The van der Waals surface area contributed by atoms with Crippen LogP contribution in [0.3, 0.4) is 0 Å². The topological polar surface area (TPSA) is 83.8 Å². The van der Waals surface area contributed by atoms with Crippen LogP contribution in [0.4, 0.5) is 0 Å². The monoisotopic (exact) mass is 576 g/mol. The first-order valence-electron chi connectivity index (χ1n) is 16.5. The van der Waals surface area contributed by atoms with Crippen LogP contribution in [-0.4, -0.2) is 34.9 Å². The van der Waals surface area contributed by atoms with Crippen molar-refractivity contribution in [1.82, 2.24) is 0 Å². The molecule has 5 aliphatic rings. The number of fused-ring (bicyclic) bond motifs is 7. The number of aliphatic carboxylic acids is 1. The van der Waals surface area contributed by atoms with E-state index in [1.54, 1.807) is 0 Å². The molecule has 0 radical (unpaired) electrons. The van der Waals surface area contributed by atoms with Gasteiger partial charge in [-0.05, 0) is 129 Å². The van der Waals surface area contributed by atoms with Crippen LogP contribution in [0.1, 0.15) is 109 Å². The van der Waals surface area contributed by atoms with Gasteiger partial charge in [0.2, 0.25) is 0 Å². The summed E-state index contributed by atoms with van der Waals surface area (Å²) < 4.78 is 6.36. The van der Waals surface area contributed by atoms with Crippen molar-refractivity contribution < 1.29 is 24.5 Å². The SMILES string of the molecule is C=C(C)C1CCC2(C(=O)O)CCC3(COC(=O)c4ccccc4)C(CCC4C5(C)CCC(O)C(C)(C)C5CCC43C)C12. The molecule has 230 valence electrons. The Kier molecular flexibility index (Phi) is 7.08. The maximum Gasteiger partial charge on any atom is 0.338 e. The minimum Gasteiger partial charge on any atom is -0.481 e. The first-order chi connectivity index (χ1) is 19.7. The minimum absolute atomic E-state index is 0.0181. The zero-order valence-electron chi connectivity index (χ0n) is 26.5. The Hall–Kier alpha value is -2.14. The number of aliphatic hydroxyl groups is 1. The van der Waals surface area contributed by atoms with E-state index in [4.69, 9.17) is 4.74 Å². The number of carbonyl (C=O) groups is 2. The van der Waals surface area contributed by atoms with Crippen LogP contribution in [0.15, 0.2) is 42.5 Å². The minimum atomic E-state index is -0.720. The molecule has 5 aliphatic carbocycles. The summed E-state index contributed by atoms with van der Waals surface area (Å²) in [4.78, 5) is 26.6. The van der Waals surface area contributed by atoms with Gasteiger partial charge in [0.15, 0.2) is 0 Å². The fraction of sp³-hybridized carbons (Fsp3) is 0.730. The van der Waals surface area contributed by atoms with Gasteiger partial charge in [-0.25, -0.2) is 4.79 Å². The molecule has 0 spiro atoms. The molecule has 10 unspecified atom stereocenters. The van der Waals surface area contributed by atoms with Gasteiger partial charge in [0.05, 0.1) is 23.7 Å². The summed E-state index contributed by atoms with van der Waals surface area (Å²) in [6.07, 6.45) is 8.71. The van der Waals surface area contributed by atoms with E-state index in [0.29, 0.717) is 36.8 Å². The summed E-state index contributed by atoms with van der Waals surface area (Å²) in [6, 6.07) is 9.28. The molecule has 5 nitrogen and oxygen atoms in total. The van der Waals surface area contributed by atoms with Crippen LogP contribution < -0.4 is 0 Å². The zero-order chi connectivity index (χ0) is 30.3. The summed E-state index contributed by atoms with van der Waals surface area (Å²) in [5, 5.41) is 21.9. The lowest BCUT2D eigenvalue weighted by molar-refractivity contribution is -0.261. The largest absolute Gasteiger partial charge is 0.481 e. The molecular weight excluding hydrogens is 524 g/mol. The summed E-state index contributed by atoms with van der Waals surface area (Å²) >= 11 is 0. The average molecular weight is 577 g/mol. The quantitative estimate of drug-likeness (QED) is 0.275. The molecule has 0 saturated heterocycles. The Morgan fingerprint density at radius 3 is 2.29 bits per heavy atom. The molecule has 0 heterocycles. The third-order valence-electron chi connectivity index (χ3n) is 14.6. The van der Waals surface area contributed by atoms with Crippen molar-refractivity contribution in [3.05, 3.63) is 48.0 Å². The lowest BCUT2D eigenvalue weighted by atomic mass is 9.32. The zero-order valence-corrected chi connectivity index (χ0v) is 26.5. The Morgan fingerprint density at radius 1 is 0.905 bits per heavy atom. The molecule has 5 fully saturated rings. The third kappa shape index (κ3) is 3.90. The number of rotatable bonds is 5. The predicted molar refractivity (Wildman–Crippen MR) is 164 cm³/mol. The van der Waals surface area contributed by atoms with Crippen molar-refractivity contribution in [2.75, 3.05) is 6.61 Å². The number of carbonyl (C=O) groups excluding carboxylic acids is 1. The second-order valence-electron chi connectivity index (χ2n) is 16.2. The van der Waals surface area contributed by atoms with Crippen LogP contribution in [-0.2, 0) is 9.53 Å². The van der Waals surface area contributed by atoms with E-state index in [2.05, 4.69) is 41.2 Å². The lowest BCUT2D eigenvalue weighted by Gasteiger charge is -2.73. The molecule has 5 saturated carbocycles. The Bertz CT molecular complexity index is 1250. The van der Waals surface area contributed by atoms with Gasteiger partial charge in [-0.15, -0.1) is 0 Å². The van der Waals surface area contributed by atoms with Gasteiger partial charge in [-0.1, -0.05) is 58.0 Å². The molecular formula is C37H52O5. The number of benzene rings is 1. The highest BCUT2D eigenvalue weighted by Crippen LogP contribution is 2.77. The van der Waals surface area contributed by atoms with E-state index in [-0.39, 0.29) is 51.5 Å². The van der Waals surface area contributed by atoms with E-state index >= 15 is 0 Å². The second kappa shape index (κ2) is 9.94. The van der Waals surface area contributed by atoms with Gasteiger partial charge in [-0.2, -0.15) is 0 Å². The molecule has 10 atom stereocenters. The van der Waals surface area contributed by atoms with Crippen LogP contribution in [0, 0.1) is 56.7 Å². The second-order valence-corrected chi connectivity index (χ2v) is 16.2. The fourth-order valence-corrected chi connectivity index (χ4v) is 12.5. The lowest BCUT2D eigenvalue weighted by Crippen LogP contribution is -2.69. The Labute approximate surface area is 252 Å². The van der Waals surface area contributed by atoms with Crippen molar-refractivity contribution >= 4 is 11.9 Å². The maximum absolute atomic E-state index is 13.4. The fourth-order valence-electron chi connectivity index (χ4n) is 12.5.